The predicted molar refractivity (Wildman–Crippen MR) is 73.6 cm³/mol. The lowest BCUT2D eigenvalue weighted by Crippen LogP contribution is -2.07. The average Bonchev–Trinajstić information content (AvgIpc) is 2.92. The average molecular weight is 251 g/mol. The molecule has 17 heavy (non-hydrogen) atoms. The van der Waals surface area contributed by atoms with Crippen molar-refractivity contribution >= 4 is 17.6 Å². The van der Waals surface area contributed by atoms with Crippen molar-refractivity contribution in [3.05, 3.63) is 11.5 Å². The molecule has 1 aliphatic heterocycles. The van der Waals surface area contributed by atoms with Crippen molar-refractivity contribution in [2.24, 2.45) is 0 Å². The number of hydrogen-bond acceptors (Lipinski definition) is 3. The Morgan fingerprint density at radius 3 is 2.76 bits per heavy atom. The smallest absolute Gasteiger partial charge is 0.127 e. The summed E-state index contributed by atoms with van der Waals surface area (Å²) in [4.78, 5) is 4.90. The topological polar surface area (TPSA) is 43.8 Å². The molecule has 1 atom stereocenters. The molecule has 4 heteroatoms. The van der Waals surface area contributed by atoms with Gasteiger partial charge in [-0.25, -0.2) is 4.98 Å². The third-order valence-electron chi connectivity index (χ3n) is 3.77. The molecule has 0 bridgehead atoms. The van der Waals surface area contributed by atoms with Crippen LogP contribution in [0, 0.1) is 0 Å². The highest BCUT2D eigenvalue weighted by Gasteiger charge is 2.32. The summed E-state index contributed by atoms with van der Waals surface area (Å²) in [5.41, 5.74) is 7.53. The summed E-state index contributed by atoms with van der Waals surface area (Å²) in [7, 11) is 0. The van der Waals surface area contributed by atoms with E-state index in [0.29, 0.717) is 11.8 Å². The van der Waals surface area contributed by atoms with Crippen LogP contribution in [0.5, 0.6) is 0 Å². The summed E-state index contributed by atoms with van der Waals surface area (Å²) in [6.45, 7) is 3.24. The van der Waals surface area contributed by atoms with Crippen molar-refractivity contribution in [1.29, 1.82) is 0 Å². The molecule has 1 unspecified atom stereocenters. The molecule has 0 radical (unpaired) electrons. The summed E-state index contributed by atoms with van der Waals surface area (Å²) in [5.74, 6) is 6.01. The summed E-state index contributed by atoms with van der Waals surface area (Å²) < 4.78 is 2.29. The summed E-state index contributed by atoms with van der Waals surface area (Å²) in [5, 5.41) is 0. The molecule has 1 aromatic rings. The van der Waals surface area contributed by atoms with Crippen molar-refractivity contribution in [3.63, 3.8) is 0 Å². The van der Waals surface area contributed by atoms with Gasteiger partial charge in [-0.1, -0.05) is 6.92 Å². The quantitative estimate of drug-likeness (QED) is 0.894. The van der Waals surface area contributed by atoms with E-state index in [0.717, 1.165) is 18.8 Å². The van der Waals surface area contributed by atoms with Crippen LogP contribution in [0.25, 0.3) is 0 Å². The van der Waals surface area contributed by atoms with Gasteiger partial charge in [-0.3, -0.25) is 0 Å². The van der Waals surface area contributed by atoms with Crippen molar-refractivity contribution in [3.8, 4) is 0 Å². The number of aromatic nitrogens is 2. The minimum Gasteiger partial charge on any atom is -0.384 e. The second-order valence-corrected chi connectivity index (χ2v) is 6.38. The van der Waals surface area contributed by atoms with E-state index in [1.807, 2.05) is 11.8 Å². The summed E-state index contributed by atoms with van der Waals surface area (Å²) >= 11 is 2.03. The molecule has 1 aromatic heterocycles. The van der Waals surface area contributed by atoms with Gasteiger partial charge in [0, 0.05) is 24.1 Å². The Morgan fingerprint density at radius 2 is 2.18 bits per heavy atom. The van der Waals surface area contributed by atoms with E-state index in [9.17, 15) is 0 Å². The molecule has 3 rings (SSSR count). The first kappa shape index (κ1) is 11.5. The maximum atomic E-state index is 6.33. The Morgan fingerprint density at radius 1 is 1.35 bits per heavy atom. The van der Waals surface area contributed by atoms with Crippen LogP contribution in [-0.2, 0) is 6.54 Å². The molecule has 3 nitrogen and oxygen atoms in total. The highest BCUT2D eigenvalue weighted by Crippen LogP contribution is 2.43. The zero-order valence-corrected chi connectivity index (χ0v) is 11.3. The molecule has 1 saturated heterocycles. The number of imidazole rings is 1. The molecule has 1 aliphatic carbocycles. The number of thioether (sulfide) groups is 1. The van der Waals surface area contributed by atoms with E-state index in [2.05, 4.69) is 11.5 Å². The fraction of sp³-hybridized carbons (Fsp3) is 0.769. The predicted octanol–water partition coefficient (Wildman–Crippen LogP) is 2.97. The lowest BCUT2D eigenvalue weighted by Gasteiger charge is -2.09. The van der Waals surface area contributed by atoms with Gasteiger partial charge >= 0.3 is 0 Å². The van der Waals surface area contributed by atoms with Crippen LogP contribution in [0.1, 0.15) is 56.0 Å². The van der Waals surface area contributed by atoms with Gasteiger partial charge in [0.05, 0.1) is 5.69 Å². The molecule has 0 spiro atoms. The van der Waals surface area contributed by atoms with Gasteiger partial charge in [0.1, 0.15) is 11.6 Å². The fourth-order valence-corrected chi connectivity index (χ4v) is 3.89. The van der Waals surface area contributed by atoms with Crippen molar-refractivity contribution in [1.82, 2.24) is 9.55 Å². The number of nitrogens with two attached hydrogens (primary N) is 1. The Kier molecular flexibility index (Phi) is 3.07. The zero-order valence-electron chi connectivity index (χ0n) is 10.5. The first-order chi connectivity index (χ1) is 8.31. The van der Waals surface area contributed by atoms with Crippen LogP contribution >= 0.6 is 11.8 Å². The highest BCUT2D eigenvalue weighted by atomic mass is 32.2. The molecule has 2 aliphatic rings. The van der Waals surface area contributed by atoms with Gasteiger partial charge in [0.2, 0.25) is 0 Å². The maximum absolute atomic E-state index is 6.33. The van der Waals surface area contributed by atoms with Gasteiger partial charge in [0.25, 0.3) is 0 Å². The molecule has 2 heterocycles. The van der Waals surface area contributed by atoms with Crippen molar-refractivity contribution in [2.75, 3.05) is 17.2 Å². The summed E-state index contributed by atoms with van der Waals surface area (Å²) in [6, 6.07) is 0. The molecule has 94 valence electrons. The third kappa shape index (κ3) is 2.07. The molecule has 2 fully saturated rings. The third-order valence-corrected chi connectivity index (χ3v) is 4.93. The van der Waals surface area contributed by atoms with Crippen molar-refractivity contribution in [2.45, 2.75) is 51.0 Å². The van der Waals surface area contributed by atoms with Crippen LogP contribution in [-0.4, -0.2) is 21.1 Å². The molecule has 1 saturated carbocycles. The number of hydrogen-bond donors (Lipinski definition) is 1. The number of nitrogens with zero attached hydrogens (tertiary/aromatic N) is 2. The molecule has 0 aromatic carbocycles. The van der Waals surface area contributed by atoms with Crippen LogP contribution in [0.15, 0.2) is 0 Å². The van der Waals surface area contributed by atoms with Gasteiger partial charge in [-0.05, 0) is 31.4 Å². The van der Waals surface area contributed by atoms with Crippen LogP contribution in [0.4, 0.5) is 5.82 Å². The Labute approximate surface area is 107 Å². The minimum absolute atomic E-state index is 0.607. The van der Waals surface area contributed by atoms with Crippen molar-refractivity contribution < 1.29 is 0 Å². The lowest BCUT2D eigenvalue weighted by molar-refractivity contribution is 0.646. The first-order valence-corrected chi connectivity index (χ1v) is 7.90. The van der Waals surface area contributed by atoms with Crippen LogP contribution in [0.3, 0.4) is 0 Å². The second kappa shape index (κ2) is 4.56. The number of anilines is 1. The van der Waals surface area contributed by atoms with E-state index in [1.54, 1.807) is 0 Å². The zero-order chi connectivity index (χ0) is 11.8. The molecular formula is C13H21N3S. The Balaban J connectivity index is 1.94. The van der Waals surface area contributed by atoms with Gasteiger partial charge in [-0.2, -0.15) is 11.8 Å². The van der Waals surface area contributed by atoms with Crippen LogP contribution in [0.2, 0.25) is 0 Å². The number of nitrogen functional groups attached to an aromatic ring is 1. The Bertz CT molecular complexity index is 403. The van der Waals surface area contributed by atoms with Crippen LogP contribution < -0.4 is 5.73 Å². The highest BCUT2D eigenvalue weighted by molar-refractivity contribution is 7.99. The van der Waals surface area contributed by atoms with Gasteiger partial charge < -0.3 is 10.3 Å². The normalized spacial score (nSPS) is 24.4. The SMILES string of the molecule is CCCn1c(C2CC2)nc(C2CCSC2)c1N. The first-order valence-electron chi connectivity index (χ1n) is 6.74. The maximum Gasteiger partial charge on any atom is 0.127 e. The fourth-order valence-electron chi connectivity index (χ4n) is 2.67. The lowest BCUT2D eigenvalue weighted by atomic mass is 10.1. The molecule has 2 N–H and O–H groups in total. The van der Waals surface area contributed by atoms with E-state index in [1.165, 1.54) is 42.3 Å². The molecular weight excluding hydrogens is 230 g/mol. The van der Waals surface area contributed by atoms with Gasteiger partial charge in [0.15, 0.2) is 0 Å². The standard InChI is InChI=1S/C13H21N3S/c1-2-6-16-12(14)11(10-5-7-17-8-10)15-13(16)9-3-4-9/h9-10H,2-8,14H2,1H3. The number of rotatable bonds is 4. The minimum atomic E-state index is 0.607. The molecule has 0 amide bonds. The van der Waals surface area contributed by atoms with E-state index in [4.69, 9.17) is 10.7 Å². The van der Waals surface area contributed by atoms with E-state index < -0.39 is 0 Å². The van der Waals surface area contributed by atoms with Gasteiger partial charge in [-0.15, -0.1) is 0 Å². The van der Waals surface area contributed by atoms with E-state index >= 15 is 0 Å². The van der Waals surface area contributed by atoms with E-state index in [-0.39, 0.29) is 0 Å². The monoisotopic (exact) mass is 251 g/mol. The Hall–Kier alpha value is -0.640. The second-order valence-electron chi connectivity index (χ2n) is 5.23. The summed E-state index contributed by atoms with van der Waals surface area (Å²) in [6.07, 6.45) is 5.00. The largest absolute Gasteiger partial charge is 0.384 e.